The van der Waals surface area contributed by atoms with E-state index in [2.05, 4.69) is 28.9 Å². The minimum Gasteiger partial charge on any atom is -0.339 e. The van der Waals surface area contributed by atoms with E-state index in [4.69, 9.17) is 0 Å². The van der Waals surface area contributed by atoms with Crippen LogP contribution in [0.4, 0.5) is 5.69 Å². The van der Waals surface area contributed by atoms with Crippen molar-refractivity contribution in [2.75, 3.05) is 31.2 Å². The number of carbonyl (C=O) groups is 2. The van der Waals surface area contributed by atoms with E-state index >= 15 is 0 Å². The van der Waals surface area contributed by atoms with Gasteiger partial charge >= 0.3 is 0 Å². The van der Waals surface area contributed by atoms with Gasteiger partial charge in [-0.25, -0.2) is 0 Å². The standard InChI is InChI=1S/C25H31N3O2/c1-2-3-16-26-17-14-25(15-18-26)24(30)27(20-28(25)22-12-8-5-9-13-22)23(19-29)21-10-6-4-7-11-21/h4-13,19,23H,2-3,14-18,20H2,1H3. The molecule has 1 spiro atoms. The van der Waals surface area contributed by atoms with Crippen LogP contribution in [0.1, 0.15) is 44.2 Å². The van der Waals surface area contributed by atoms with Crippen LogP contribution >= 0.6 is 0 Å². The minimum atomic E-state index is -0.569. The van der Waals surface area contributed by atoms with Crippen molar-refractivity contribution < 1.29 is 9.59 Å². The van der Waals surface area contributed by atoms with Gasteiger partial charge in [0.15, 0.2) is 0 Å². The lowest BCUT2D eigenvalue weighted by molar-refractivity contribution is -0.137. The SMILES string of the molecule is CCCCN1CCC2(CC1)C(=O)N(C(C=O)c1ccccc1)CN2c1ccccc1. The Hall–Kier alpha value is -2.66. The number of piperidine rings is 1. The highest BCUT2D eigenvalue weighted by Gasteiger charge is 2.55. The second kappa shape index (κ2) is 9.00. The fourth-order valence-corrected chi connectivity index (χ4v) is 4.88. The van der Waals surface area contributed by atoms with E-state index in [9.17, 15) is 9.59 Å². The van der Waals surface area contributed by atoms with Gasteiger partial charge in [0, 0.05) is 18.8 Å². The molecule has 2 saturated heterocycles. The zero-order valence-corrected chi connectivity index (χ0v) is 17.7. The normalized spacial score (nSPS) is 20.0. The molecule has 0 bridgehead atoms. The van der Waals surface area contributed by atoms with E-state index < -0.39 is 11.6 Å². The van der Waals surface area contributed by atoms with Crippen LogP contribution in [0.5, 0.6) is 0 Å². The van der Waals surface area contributed by atoms with Crippen LogP contribution in [0.2, 0.25) is 0 Å². The van der Waals surface area contributed by atoms with Crippen LogP contribution in [-0.2, 0) is 9.59 Å². The second-order valence-electron chi connectivity index (χ2n) is 8.40. The Labute approximate surface area is 179 Å². The summed E-state index contributed by atoms with van der Waals surface area (Å²) in [6, 6.07) is 19.2. The average molecular weight is 406 g/mol. The Balaban J connectivity index is 1.65. The number of anilines is 1. The smallest absolute Gasteiger partial charge is 0.250 e. The molecular weight excluding hydrogens is 374 g/mol. The van der Waals surface area contributed by atoms with Gasteiger partial charge in [-0.15, -0.1) is 0 Å². The maximum absolute atomic E-state index is 13.9. The first kappa shape index (κ1) is 20.6. The maximum Gasteiger partial charge on any atom is 0.250 e. The zero-order chi connectivity index (χ0) is 21.0. The third kappa shape index (κ3) is 3.74. The molecule has 158 valence electrons. The molecule has 2 aromatic rings. The maximum atomic E-state index is 13.9. The van der Waals surface area contributed by atoms with Crippen molar-refractivity contribution in [1.29, 1.82) is 0 Å². The summed E-state index contributed by atoms with van der Waals surface area (Å²) in [5.41, 5.74) is 1.35. The molecule has 0 aromatic heterocycles. The van der Waals surface area contributed by atoms with Gasteiger partial charge in [-0.1, -0.05) is 61.9 Å². The molecule has 2 heterocycles. The number of unbranched alkanes of at least 4 members (excludes halogenated alkanes) is 1. The van der Waals surface area contributed by atoms with Crippen molar-refractivity contribution in [3.63, 3.8) is 0 Å². The summed E-state index contributed by atoms with van der Waals surface area (Å²) in [6.07, 6.45) is 4.87. The third-order valence-corrected chi connectivity index (χ3v) is 6.65. The number of para-hydroxylation sites is 1. The fraction of sp³-hybridized carbons (Fsp3) is 0.440. The summed E-state index contributed by atoms with van der Waals surface area (Å²) in [7, 11) is 0. The van der Waals surface area contributed by atoms with Crippen molar-refractivity contribution in [2.24, 2.45) is 0 Å². The molecule has 1 unspecified atom stereocenters. The second-order valence-corrected chi connectivity index (χ2v) is 8.40. The van der Waals surface area contributed by atoms with Gasteiger partial charge in [0.1, 0.15) is 17.9 Å². The highest BCUT2D eigenvalue weighted by molar-refractivity contribution is 5.95. The highest BCUT2D eigenvalue weighted by atomic mass is 16.2. The first-order chi connectivity index (χ1) is 14.7. The first-order valence-corrected chi connectivity index (χ1v) is 11.1. The Morgan fingerprint density at radius 3 is 2.23 bits per heavy atom. The number of aldehydes is 1. The predicted molar refractivity (Wildman–Crippen MR) is 119 cm³/mol. The summed E-state index contributed by atoms with van der Waals surface area (Å²) in [5.74, 6) is 0.0856. The Morgan fingerprint density at radius 2 is 1.63 bits per heavy atom. The molecule has 0 saturated carbocycles. The number of benzene rings is 2. The predicted octanol–water partition coefficient (Wildman–Crippen LogP) is 3.87. The van der Waals surface area contributed by atoms with Gasteiger partial charge in [0.25, 0.3) is 5.91 Å². The summed E-state index contributed by atoms with van der Waals surface area (Å²) in [5, 5.41) is 0. The summed E-state index contributed by atoms with van der Waals surface area (Å²) in [4.78, 5) is 32.5. The van der Waals surface area contributed by atoms with E-state index in [1.807, 2.05) is 48.5 Å². The molecule has 0 N–H and O–H groups in total. The lowest BCUT2D eigenvalue weighted by Gasteiger charge is -2.43. The Morgan fingerprint density at radius 1 is 1.00 bits per heavy atom. The Kier molecular flexibility index (Phi) is 6.18. The molecule has 2 fully saturated rings. The van der Waals surface area contributed by atoms with Gasteiger partial charge in [-0.3, -0.25) is 4.79 Å². The topological polar surface area (TPSA) is 43.9 Å². The molecular formula is C25H31N3O2. The van der Waals surface area contributed by atoms with Crippen molar-refractivity contribution in [2.45, 2.75) is 44.2 Å². The third-order valence-electron chi connectivity index (χ3n) is 6.65. The Bertz CT molecular complexity index is 847. The van der Waals surface area contributed by atoms with Gasteiger partial charge in [-0.2, -0.15) is 0 Å². The lowest BCUT2D eigenvalue weighted by atomic mass is 9.85. The molecule has 0 aliphatic carbocycles. The van der Waals surface area contributed by atoms with Gasteiger partial charge in [0.2, 0.25) is 0 Å². The zero-order valence-electron chi connectivity index (χ0n) is 17.7. The molecule has 2 aromatic carbocycles. The first-order valence-electron chi connectivity index (χ1n) is 11.1. The van der Waals surface area contributed by atoms with E-state index in [1.54, 1.807) is 4.90 Å². The summed E-state index contributed by atoms with van der Waals surface area (Å²) < 4.78 is 0. The van der Waals surface area contributed by atoms with E-state index in [-0.39, 0.29) is 5.91 Å². The van der Waals surface area contributed by atoms with Gasteiger partial charge in [0.05, 0.1) is 6.67 Å². The van der Waals surface area contributed by atoms with E-state index in [0.29, 0.717) is 6.67 Å². The lowest BCUT2D eigenvalue weighted by Crippen LogP contribution is -2.56. The van der Waals surface area contributed by atoms with Crippen molar-refractivity contribution in [3.8, 4) is 0 Å². The average Bonchev–Trinajstić information content (AvgIpc) is 3.07. The number of nitrogens with zero attached hydrogens (tertiary/aromatic N) is 3. The molecule has 5 heteroatoms. The van der Waals surface area contributed by atoms with Crippen molar-refractivity contribution >= 4 is 17.9 Å². The molecule has 30 heavy (non-hydrogen) atoms. The summed E-state index contributed by atoms with van der Waals surface area (Å²) >= 11 is 0. The van der Waals surface area contributed by atoms with Gasteiger partial charge in [-0.05, 0) is 43.5 Å². The van der Waals surface area contributed by atoms with Crippen LogP contribution in [0, 0.1) is 0 Å². The fourth-order valence-electron chi connectivity index (χ4n) is 4.88. The number of hydrogen-bond donors (Lipinski definition) is 0. The number of likely N-dealkylation sites (tertiary alicyclic amines) is 1. The van der Waals surface area contributed by atoms with Crippen LogP contribution in [0.15, 0.2) is 60.7 Å². The molecule has 5 nitrogen and oxygen atoms in total. The van der Waals surface area contributed by atoms with Crippen LogP contribution in [0.25, 0.3) is 0 Å². The largest absolute Gasteiger partial charge is 0.339 e. The van der Waals surface area contributed by atoms with Crippen molar-refractivity contribution in [1.82, 2.24) is 9.80 Å². The monoisotopic (exact) mass is 405 g/mol. The highest BCUT2D eigenvalue weighted by Crippen LogP contribution is 2.42. The number of carbonyl (C=O) groups excluding carboxylic acids is 2. The van der Waals surface area contributed by atoms with Crippen molar-refractivity contribution in [3.05, 3.63) is 66.2 Å². The van der Waals surface area contributed by atoms with Crippen LogP contribution in [-0.4, -0.2) is 53.8 Å². The van der Waals surface area contributed by atoms with Crippen LogP contribution < -0.4 is 4.90 Å². The molecule has 1 atom stereocenters. The molecule has 4 rings (SSSR count). The number of amides is 1. The van der Waals surface area contributed by atoms with E-state index in [0.717, 1.165) is 50.0 Å². The van der Waals surface area contributed by atoms with Crippen LogP contribution in [0.3, 0.4) is 0 Å². The number of rotatable bonds is 7. The molecule has 2 aliphatic rings. The molecule has 2 aliphatic heterocycles. The van der Waals surface area contributed by atoms with E-state index in [1.165, 1.54) is 12.8 Å². The summed E-state index contributed by atoms with van der Waals surface area (Å²) in [6.45, 7) is 5.58. The number of hydrogen-bond acceptors (Lipinski definition) is 4. The quantitative estimate of drug-likeness (QED) is 0.656. The minimum absolute atomic E-state index is 0.0856. The molecule has 0 radical (unpaired) electrons. The van der Waals surface area contributed by atoms with Gasteiger partial charge < -0.3 is 19.5 Å². The molecule has 1 amide bonds.